The minimum atomic E-state index is 0.355. The first-order chi connectivity index (χ1) is 9.74. The molecule has 0 aromatic carbocycles. The van der Waals surface area contributed by atoms with E-state index in [1.54, 1.807) is 0 Å². The fourth-order valence-electron chi connectivity index (χ4n) is 2.75. The predicted molar refractivity (Wildman–Crippen MR) is 83.2 cm³/mol. The van der Waals surface area contributed by atoms with Crippen LogP contribution in [0.5, 0.6) is 0 Å². The minimum absolute atomic E-state index is 0.355. The molecule has 0 amide bonds. The number of rotatable bonds is 6. The van der Waals surface area contributed by atoms with Crippen LogP contribution in [0.25, 0.3) is 0 Å². The van der Waals surface area contributed by atoms with Crippen molar-refractivity contribution in [1.82, 2.24) is 10.3 Å². The van der Waals surface area contributed by atoms with Crippen molar-refractivity contribution in [2.45, 2.75) is 45.8 Å². The molecule has 0 aliphatic carbocycles. The van der Waals surface area contributed by atoms with Gasteiger partial charge in [-0.3, -0.25) is 4.98 Å². The van der Waals surface area contributed by atoms with Crippen molar-refractivity contribution in [1.29, 1.82) is 0 Å². The van der Waals surface area contributed by atoms with E-state index in [4.69, 9.17) is 4.74 Å². The van der Waals surface area contributed by atoms with Crippen LogP contribution in [0.2, 0.25) is 0 Å². The molecule has 112 valence electrons. The fourth-order valence-corrected chi connectivity index (χ4v) is 2.75. The SMILES string of the molecule is CCCNCc1cnc(C)cc1N1CCCC(OC)C1. The zero-order chi connectivity index (χ0) is 14.4. The van der Waals surface area contributed by atoms with Gasteiger partial charge in [-0.05, 0) is 38.8 Å². The number of ether oxygens (including phenoxy) is 1. The fraction of sp³-hybridized carbons (Fsp3) is 0.688. The maximum absolute atomic E-state index is 5.54. The second-order valence-corrected chi connectivity index (χ2v) is 5.58. The third-order valence-corrected chi connectivity index (χ3v) is 3.89. The quantitative estimate of drug-likeness (QED) is 0.811. The van der Waals surface area contributed by atoms with Gasteiger partial charge in [-0.15, -0.1) is 0 Å². The highest BCUT2D eigenvalue weighted by atomic mass is 16.5. The van der Waals surface area contributed by atoms with Crippen LogP contribution in [-0.4, -0.2) is 37.8 Å². The number of nitrogens with zero attached hydrogens (tertiary/aromatic N) is 2. The summed E-state index contributed by atoms with van der Waals surface area (Å²) in [6.07, 6.45) is 5.89. The van der Waals surface area contributed by atoms with Crippen LogP contribution >= 0.6 is 0 Å². The van der Waals surface area contributed by atoms with Crippen molar-refractivity contribution < 1.29 is 4.74 Å². The highest BCUT2D eigenvalue weighted by Gasteiger charge is 2.21. The summed E-state index contributed by atoms with van der Waals surface area (Å²) in [7, 11) is 1.82. The first-order valence-corrected chi connectivity index (χ1v) is 7.68. The second-order valence-electron chi connectivity index (χ2n) is 5.58. The number of pyridine rings is 1. The summed E-state index contributed by atoms with van der Waals surface area (Å²) in [4.78, 5) is 6.91. The van der Waals surface area contributed by atoms with Gasteiger partial charge in [-0.1, -0.05) is 6.92 Å². The van der Waals surface area contributed by atoms with Gasteiger partial charge in [0.2, 0.25) is 0 Å². The number of aryl methyl sites for hydroxylation is 1. The number of hydrogen-bond donors (Lipinski definition) is 1. The van der Waals surface area contributed by atoms with E-state index in [2.05, 4.69) is 35.1 Å². The average molecular weight is 277 g/mol. The lowest BCUT2D eigenvalue weighted by atomic mass is 10.1. The molecule has 2 rings (SSSR count). The highest BCUT2D eigenvalue weighted by molar-refractivity contribution is 5.54. The molecular formula is C16H27N3O. The average Bonchev–Trinajstić information content (AvgIpc) is 2.49. The molecule has 4 nitrogen and oxygen atoms in total. The third-order valence-electron chi connectivity index (χ3n) is 3.89. The highest BCUT2D eigenvalue weighted by Crippen LogP contribution is 2.25. The Morgan fingerprint density at radius 3 is 3.10 bits per heavy atom. The molecule has 0 radical (unpaired) electrons. The second kappa shape index (κ2) is 7.60. The van der Waals surface area contributed by atoms with Gasteiger partial charge < -0.3 is 15.0 Å². The molecular weight excluding hydrogens is 250 g/mol. The zero-order valence-corrected chi connectivity index (χ0v) is 13.0. The van der Waals surface area contributed by atoms with Crippen molar-refractivity contribution in [3.63, 3.8) is 0 Å². The summed E-state index contributed by atoms with van der Waals surface area (Å²) in [5.41, 5.74) is 3.70. The Morgan fingerprint density at radius 2 is 2.35 bits per heavy atom. The topological polar surface area (TPSA) is 37.4 Å². The first kappa shape index (κ1) is 15.3. The predicted octanol–water partition coefficient (Wildman–Crippen LogP) is 2.50. The van der Waals surface area contributed by atoms with Crippen molar-refractivity contribution >= 4 is 5.69 Å². The van der Waals surface area contributed by atoms with E-state index in [0.717, 1.165) is 38.3 Å². The Hall–Kier alpha value is -1.13. The standard InChI is InChI=1S/C16H27N3O/c1-4-7-17-10-14-11-18-13(2)9-16(14)19-8-5-6-15(12-19)20-3/h9,11,15,17H,4-8,10,12H2,1-3H3. The van der Waals surface area contributed by atoms with Gasteiger partial charge in [-0.25, -0.2) is 0 Å². The van der Waals surface area contributed by atoms with Gasteiger partial charge in [0.05, 0.1) is 6.10 Å². The Balaban J connectivity index is 2.13. The van der Waals surface area contributed by atoms with Crippen LogP contribution in [0, 0.1) is 6.92 Å². The molecule has 1 fully saturated rings. The van der Waals surface area contributed by atoms with Crippen molar-refractivity contribution in [2.75, 3.05) is 31.6 Å². The molecule has 0 bridgehead atoms. The van der Waals surface area contributed by atoms with Gasteiger partial charge in [0.15, 0.2) is 0 Å². The van der Waals surface area contributed by atoms with Crippen LogP contribution in [0.1, 0.15) is 37.4 Å². The molecule has 1 aliphatic heterocycles. The van der Waals surface area contributed by atoms with E-state index < -0.39 is 0 Å². The monoisotopic (exact) mass is 277 g/mol. The number of aromatic nitrogens is 1. The van der Waals surface area contributed by atoms with Crippen molar-refractivity contribution in [3.8, 4) is 0 Å². The van der Waals surface area contributed by atoms with Crippen molar-refractivity contribution in [2.24, 2.45) is 0 Å². The normalized spacial score (nSPS) is 19.4. The van der Waals surface area contributed by atoms with E-state index >= 15 is 0 Å². The summed E-state index contributed by atoms with van der Waals surface area (Å²) in [5.74, 6) is 0. The zero-order valence-electron chi connectivity index (χ0n) is 13.0. The molecule has 1 unspecified atom stereocenters. The van der Waals surface area contributed by atoms with Crippen LogP contribution < -0.4 is 10.2 Å². The molecule has 1 atom stereocenters. The Kier molecular flexibility index (Phi) is 5.80. The molecule has 1 aromatic heterocycles. The Bertz CT molecular complexity index is 422. The van der Waals surface area contributed by atoms with E-state index in [1.807, 2.05) is 13.3 Å². The molecule has 0 saturated carbocycles. The van der Waals surface area contributed by atoms with E-state index in [9.17, 15) is 0 Å². The summed E-state index contributed by atoms with van der Waals surface area (Å²) in [5, 5.41) is 3.48. The Labute approximate surface area is 122 Å². The smallest absolute Gasteiger partial charge is 0.0746 e. The summed E-state index contributed by atoms with van der Waals surface area (Å²) >= 11 is 0. The van der Waals surface area contributed by atoms with Crippen LogP contribution in [0.4, 0.5) is 5.69 Å². The summed E-state index contributed by atoms with van der Waals surface area (Å²) < 4.78 is 5.54. The molecule has 1 saturated heterocycles. The molecule has 1 aromatic rings. The lowest BCUT2D eigenvalue weighted by Crippen LogP contribution is -2.40. The van der Waals surface area contributed by atoms with Gasteiger partial charge in [0.1, 0.15) is 0 Å². The van der Waals surface area contributed by atoms with E-state index in [1.165, 1.54) is 24.1 Å². The Morgan fingerprint density at radius 1 is 1.50 bits per heavy atom. The number of anilines is 1. The lowest BCUT2D eigenvalue weighted by Gasteiger charge is -2.35. The van der Waals surface area contributed by atoms with Gasteiger partial charge in [-0.2, -0.15) is 0 Å². The molecule has 2 heterocycles. The van der Waals surface area contributed by atoms with Gasteiger partial charge in [0, 0.05) is 49.9 Å². The maximum Gasteiger partial charge on any atom is 0.0746 e. The van der Waals surface area contributed by atoms with Gasteiger partial charge in [0.25, 0.3) is 0 Å². The number of nitrogens with one attached hydrogen (secondary N) is 1. The number of hydrogen-bond acceptors (Lipinski definition) is 4. The van der Waals surface area contributed by atoms with E-state index in [-0.39, 0.29) is 0 Å². The number of methoxy groups -OCH3 is 1. The van der Waals surface area contributed by atoms with Gasteiger partial charge >= 0.3 is 0 Å². The molecule has 1 aliphatic rings. The molecule has 0 spiro atoms. The first-order valence-electron chi connectivity index (χ1n) is 7.68. The van der Waals surface area contributed by atoms with E-state index in [0.29, 0.717) is 6.10 Å². The maximum atomic E-state index is 5.54. The third kappa shape index (κ3) is 3.93. The van der Waals surface area contributed by atoms with Crippen molar-refractivity contribution in [3.05, 3.63) is 23.5 Å². The summed E-state index contributed by atoms with van der Waals surface area (Å²) in [6.45, 7) is 8.29. The number of piperidine rings is 1. The molecule has 1 N–H and O–H groups in total. The molecule has 4 heteroatoms. The van der Waals surface area contributed by atoms with Crippen LogP contribution in [0.15, 0.2) is 12.3 Å². The minimum Gasteiger partial charge on any atom is -0.380 e. The summed E-state index contributed by atoms with van der Waals surface area (Å²) in [6, 6.07) is 2.21. The lowest BCUT2D eigenvalue weighted by molar-refractivity contribution is 0.0893. The van der Waals surface area contributed by atoms with Crippen LogP contribution in [-0.2, 0) is 11.3 Å². The molecule has 20 heavy (non-hydrogen) atoms. The van der Waals surface area contributed by atoms with Crippen LogP contribution in [0.3, 0.4) is 0 Å². The largest absolute Gasteiger partial charge is 0.380 e.